The highest BCUT2D eigenvalue weighted by atomic mass is 35.5. The van der Waals surface area contributed by atoms with Gasteiger partial charge in [0, 0.05) is 16.1 Å². The van der Waals surface area contributed by atoms with Crippen LogP contribution in [-0.2, 0) is 16.0 Å². The third-order valence-corrected chi connectivity index (χ3v) is 4.88. The molecule has 1 amide bonds. The van der Waals surface area contributed by atoms with Gasteiger partial charge in [-0.15, -0.1) is 11.3 Å². The van der Waals surface area contributed by atoms with Crippen LogP contribution >= 0.6 is 22.9 Å². The number of thiazole rings is 1. The number of carbonyl (C=O) groups is 1. The molecule has 0 spiro atoms. The Labute approximate surface area is 154 Å². The normalized spacial score (nSPS) is 18.4. The maximum atomic E-state index is 12.6. The van der Waals surface area contributed by atoms with Crippen LogP contribution in [0.1, 0.15) is 15.2 Å². The molecule has 1 unspecified atom stereocenters. The van der Waals surface area contributed by atoms with E-state index in [4.69, 9.17) is 25.8 Å². The van der Waals surface area contributed by atoms with E-state index in [1.165, 1.54) is 18.4 Å². The molecule has 1 aliphatic heterocycles. The molecule has 1 fully saturated rings. The molecule has 8 heteroatoms. The van der Waals surface area contributed by atoms with Gasteiger partial charge in [-0.3, -0.25) is 4.79 Å². The highest BCUT2D eigenvalue weighted by Gasteiger charge is 2.17. The fraction of sp³-hybridized carbons (Fsp3) is 0.412. The summed E-state index contributed by atoms with van der Waals surface area (Å²) >= 11 is 7.45. The third-order valence-electron chi connectivity index (χ3n) is 3.71. The van der Waals surface area contributed by atoms with Crippen LogP contribution in [0.3, 0.4) is 0 Å². The molecule has 6 nitrogen and oxygen atoms in total. The minimum Gasteiger partial charge on any atom is -0.496 e. The summed E-state index contributed by atoms with van der Waals surface area (Å²) in [5.41, 5.74) is 0.338. The van der Waals surface area contributed by atoms with E-state index >= 15 is 0 Å². The molecular formula is C17H19ClN2O4S. The van der Waals surface area contributed by atoms with Gasteiger partial charge >= 0.3 is 0 Å². The Bertz CT molecular complexity index is 824. The predicted molar refractivity (Wildman–Crippen MR) is 95.5 cm³/mol. The second kappa shape index (κ2) is 8.14. The van der Waals surface area contributed by atoms with E-state index in [1.807, 2.05) is 17.7 Å². The summed E-state index contributed by atoms with van der Waals surface area (Å²) in [7, 11) is 1.51. The number of rotatable bonds is 4. The van der Waals surface area contributed by atoms with Crippen LogP contribution in [0.25, 0.3) is 0 Å². The van der Waals surface area contributed by atoms with E-state index in [0.717, 1.165) is 4.88 Å². The number of nitrogens with zero attached hydrogens (tertiary/aromatic N) is 2. The lowest BCUT2D eigenvalue weighted by atomic mass is 10.2. The van der Waals surface area contributed by atoms with Crippen molar-refractivity contribution in [3.05, 3.63) is 44.7 Å². The van der Waals surface area contributed by atoms with Crippen molar-refractivity contribution in [2.75, 3.05) is 26.9 Å². The van der Waals surface area contributed by atoms with Gasteiger partial charge in [0.1, 0.15) is 5.75 Å². The Morgan fingerprint density at radius 1 is 1.48 bits per heavy atom. The Morgan fingerprint density at radius 3 is 3.04 bits per heavy atom. The van der Waals surface area contributed by atoms with Gasteiger partial charge < -0.3 is 18.8 Å². The van der Waals surface area contributed by atoms with Crippen molar-refractivity contribution in [3.8, 4) is 5.75 Å². The van der Waals surface area contributed by atoms with Crippen LogP contribution in [-0.4, -0.2) is 43.5 Å². The fourth-order valence-electron chi connectivity index (χ4n) is 2.58. The minimum absolute atomic E-state index is 0.0440. The zero-order chi connectivity index (χ0) is 17.8. The number of aromatic nitrogens is 1. The summed E-state index contributed by atoms with van der Waals surface area (Å²) in [5.74, 6) is 0.0535. The number of halogens is 1. The Balaban J connectivity index is 1.90. The van der Waals surface area contributed by atoms with E-state index in [2.05, 4.69) is 4.99 Å². The summed E-state index contributed by atoms with van der Waals surface area (Å²) in [5, 5.41) is 0.461. The lowest BCUT2D eigenvalue weighted by Crippen LogP contribution is -2.34. The van der Waals surface area contributed by atoms with Crippen molar-refractivity contribution < 1.29 is 19.0 Å². The lowest BCUT2D eigenvalue weighted by molar-refractivity contribution is -0.0938. The van der Waals surface area contributed by atoms with Crippen LogP contribution in [0, 0.1) is 6.92 Å². The van der Waals surface area contributed by atoms with Crippen molar-refractivity contribution in [3.63, 3.8) is 0 Å². The molecule has 0 bridgehead atoms. The summed E-state index contributed by atoms with van der Waals surface area (Å²) in [6.45, 7) is 4.30. The predicted octanol–water partition coefficient (Wildman–Crippen LogP) is 2.68. The van der Waals surface area contributed by atoms with Gasteiger partial charge in [0.2, 0.25) is 0 Å². The molecule has 2 aromatic rings. The van der Waals surface area contributed by atoms with Crippen LogP contribution in [0.5, 0.6) is 5.75 Å². The molecule has 2 heterocycles. The average Bonchev–Trinajstić information content (AvgIpc) is 2.94. The molecule has 0 N–H and O–H groups in total. The lowest BCUT2D eigenvalue weighted by Gasteiger charge is -2.23. The van der Waals surface area contributed by atoms with Gasteiger partial charge in [-0.05, 0) is 25.1 Å². The van der Waals surface area contributed by atoms with Crippen LogP contribution in [0.2, 0.25) is 5.02 Å². The van der Waals surface area contributed by atoms with Gasteiger partial charge in [-0.1, -0.05) is 11.6 Å². The molecule has 0 saturated carbocycles. The smallest absolute Gasteiger partial charge is 0.283 e. The molecule has 1 aliphatic rings. The Hall–Kier alpha value is -1.67. The quantitative estimate of drug-likeness (QED) is 0.815. The molecule has 1 aromatic carbocycles. The molecule has 3 rings (SSSR count). The molecule has 25 heavy (non-hydrogen) atoms. The van der Waals surface area contributed by atoms with Gasteiger partial charge in [0.05, 0.1) is 45.1 Å². The van der Waals surface area contributed by atoms with E-state index < -0.39 is 5.91 Å². The first-order chi connectivity index (χ1) is 12.1. The van der Waals surface area contributed by atoms with Gasteiger partial charge in [-0.25, -0.2) is 0 Å². The van der Waals surface area contributed by atoms with E-state index in [9.17, 15) is 4.79 Å². The highest BCUT2D eigenvalue weighted by Crippen LogP contribution is 2.23. The number of benzene rings is 1. The Kier molecular flexibility index (Phi) is 5.90. The monoisotopic (exact) mass is 382 g/mol. The second-order valence-corrected chi connectivity index (χ2v) is 7.26. The van der Waals surface area contributed by atoms with Crippen molar-refractivity contribution in [1.29, 1.82) is 0 Å². The Morgan fingerprint density at radius 2 is 2.32 bits per heavy atom. The first kappa shape index (κ1) is 18.1. The van der Waals surface area contributed by atoms with Gasteiger partial charge in [0.15, 0.2) is 4.80 Å². The number of hydrogen-bond donors (Lipinski definition) is 0. The molecule has 0 aliphatic carbocycles. The molecule has 134 valence electrons. The topological polar surface area (TPSA) is 62.0 Å². The van der Waals surface area contributed by atoms with E-state index in [0.29, 0.717) is 47.5 Å². The number of amides is 1. The summed E-state index contributed by atoms with van der Waals surface area (Å²) < 4.78 is 18.3. The largest absolute Gasteiger partial charge is 0.496 e. The summed E-state index contributed by atoms with van der Waals surface area (Å²) in [4.78, 5) is 18.6. The average molecular weight is 383 g/mol. The summed E-state index contributed by atoms with van der Waals surface area (Å²) in [6.07, 6.45) is 1.92. The number of hydrogen-bond acceptors (Lipinski definition) is 5. The first-order valence-electron chi connectivity index (χ1n) is 7.85. The van der Waals surface area contributed by atoms with Crippen LogP contribution < -0.4 is 9.54 Å². The molecule has 1 aromatic heterocycles. The minimum atomic E-state index is -0.393. The summed E-state index contributed by atoms with van der Waals surface area (Å²) in [6, 6.07) is 4.90. The zero-order valence-corrected chi connectivity index (χ0v) is 15.6. The number of aryl methyl sites for hydroxylation is 1. The maximum absolute atomic E-state index is 12.6. The first-order valence-corrected chi connectivity index (χ1v) is 9.05. The molecule has 1 saturated heterocycles. The van der Waals surface area contributed by atoms with Crippen molar-refractivity contribution >= 4 is 28.8 Å². The van der Waals surface area contributed by atoms with Crippen LogP contribution in [0.15, 0.2) is 29.4 Å². The van der Waals surface area contributed by atoms with Crippen molar-refractivity contribution in [1.82, 2.24) is 4.57 Å². The number of ether oxygens (including phenoxy) is 3. The van der Waals surface area contributed by atoms with E-state index in [-0.39, 0.29) is 6.10 Å². The SMILES string of the molecule is COc1ccc(Cl)cc1C(=O)/N=c1\sc(C)cn1CC1COCCO1. The van der Waals surface area contributed by atoms with Gasteiger partial charge in [0.25, 0.3) is 5.91 Å². The molecule has 1 atom stereocenters. The van der Waals surface area contributed by atoms with Crippen LogP contribution in [0.4, 0.5) is 0 Å². The van der Waals surface area contributed by atoms with Crippen molar-refractivity contribution in [2.24, 2.45) is 4.99 Å². The fourth-order valence-corrected chi connectivity index (χ4v) is 3.59. The van der Waals surface area contributed by atoms with Gasteiger partial charge in [-0.2, -0.15) is 4.99 Å². The second-order valence-electron chi connectivity index (χ2n) is 5.61. The number of methoxy groups -OCH3 is 1. The highest BCUT2D eigenvalue weighted by molar-refractivity contribution is 7.09. The molecule has 0 radical (unpaired) electrons. The maximum Gasteiger partial charge on any atom is 0.283 e. The third kappa shape index (κ3) is 4.49. The molecular weight excluding hydrogens is 364 g/mol. The van der Waals surface area contributed by atoms with E-state index in [1.54, 1.807) is 18.2 Å². The standard InChI is InChI=1S/C17H19ClN2O4S/c1-11-8-20(9-13-10-23-5-6-24-13)17(25-11)19-16(21)14-7-12(18)3-4-15(14)22-2/h3-4,7-8,13H,5-6,9-10H2,1-2H3/b19-17-. The number of carbonyl (C=O) groups excluding carboxylic acids is 1. The van der Waals surface area contributed by atoms with Crippen molar-refractivity contribution in [2.45, 2.75) is 19.6 Å². The zero-order valence-electron chi connectivity index (χ0n) is 14.0.